The molecule has 3 N–H and O–H groups in total. The smallest absolute Gasteiger partial charge is 0.138 e. The van der Waals surface area contributed by atoms with E-state index < -0.39 is 0 Å². The van der Waals surface area contributed by atoms with Crippen molar-refractivity contribution in [2.45, 2.75) is 32.9 Å². The Kier molecular flexibility index (Phi) is 5.15. The van der Waals surface area contributed by atoms with Gasteiger partial charge in [0.25, 0.3) is 0 Å². The lowest BCUT2D eigenvalue weighted by atomic mass is 10.1. The van der Waals surface area contributed by atoms with E-state index >= 15 is 0 Å². The molecule has 0 spiro atoms. The van der Waals surface area contributed by atoms with Crippen LogP contribution < -0.4 is 16.0 Å². The third-order valence-electron chi connectivity index (χ3n) is 2.77. The Morgan fingerprint density at radius 1 is 1.35 bits per heavy atom. The van der Waals surface area contributed by atoms with Gasteiger partial charge >= 0.3 is 0 Å². The summed E-state index contributed by atoms with van der Waals surface area (Å²) in [6.45, 7) is 6.05. The van der Waals surface area contributed by atoms with Gasteiger partial charge in [-0.1, -0.05) is 0 Å². The van der Waals surface area contributed by atoms with Crippen LogP contribution in [-0.2, 0) is 0 Å². The van der Waals surface area contributed by atoms with Crippen LogP contribution >= 0.6 is 27.3 Å². The van der Waals surface area contributed by atoms with E-state index in [9.17, 15) is 0 Å². The van der Waals surface area contributed by atoms with Crippen molar-refractivity contribution in [3.8, 4) is 5.75 Å². The highest BCUT2D eigenvalue weighted by Crippen LogP contribution is 2.34. The highest BCUT2D eigenvalue weighted by atomic mass is 79.9. The quantitative estimate of drug-likeness (QED) is 0.635. The van der Waals surface area contributed by atoms with Crippen LogP contribution in [0.15, 0.2) is 28.3 Å². The topological polar surface area (TPSA) is 60.2 Å². The number of thiophene rings is 1. The van der Waals surface area contributed by atoms with Crippen LogP contribution in [0.1, 0.15) is 35.9 Å². The molecule has 20 heavy (non-hydrogen) atoms. The number of hydrogen-bond acceptors (Lipinski definition) is 5. The molecule has 1 atom stereocenters. The summed E-state index contributed by atoms with van der Waals surface area (Å²) in [5.74, 6) is 6.47. The van der Waals surface area contributed by atoms with Crippen molar-refractivity contribution in [1.29, 1.82) is 0 Å². The zero-order valence-corrected chi connectivity index (χ0v) is 14.1. The first-order valence-electron chi connectivity index (χ1n) is 6.34. The summed E-state index contributed by atoms with van der Waals surface area (Å²) in [6, 6.07) is 4.00. The number of pyridine rings is 1. The van der Waals surface area contributed by atoms with Crippen LogP contribution in [0.5, 0.6) is 5.75 Å². The lowest BCUT2D eigenvalue weighted by Gasteiger charge is -2.16. The number of rotatable bonds is 5. The number of aromatic nitrogens is 1. The molecule has 0 saturated heterocycles. The van der Waals surface area contributed by atoms with Gasteiger partial charge in [0.1, 0.15) is 5.75 Å². The molecule has 0 radical (unpaired) electrons. The Bertz CT molecular complexity index is 566. The molecule has 1 unspecified atom stereocenters. The average molecular weight is 356 g/mol. The lowest BCUT2D eigenvalue weighted by molar-refractivity contribution is 0.241. The summed E-state index contributed by atoms with van der Waals surface area (Å²) >= 11 is 5.21. The second-order valence-electron chi connectivity index (χ2n) is 4.83. The largest absolute Gasteiger partial charge is 0.489 e. The van der Waals surface area contributed by atoms with Crippen molar-refractivity contribution in [2.75, 3.05) is 0 Å². The van der Waals surface area contributed by atoms with Crippen molar-refractivity contribution in [3.05, 3.63) is 44.3 Å². The van der Waals surface area contributed by atoms with Gasteiger partial charge in [0.2, 0.25) is 0 Å². The first kappa shape index (κ1) is 15.4. The molecule has 108 valence electrons. The second-order valence-corrected chi connectivity index (χ2v) is 7.23. The van der Waals surface area contributed by atoms with Crippen molar-refractivity contribution >= 4 is 27.3 Å². The summed E-state index contributed by atoms with van der Waals surface area (Å²) in [4.78, 5) is 5.37. The molecule has 0 aromatic carbocycles. The zero-order chi connectivity index (χ0) is 14.7. The number of ether oxygens (including phenoxy) is 1. The summed E-state index contributed by atoms with van der Waals surface area (Å²) in [5, 5.41) is 0. The van der Waals surface area contributed by atoms with Crippen LogP contribution in [0.2, 0.25) is 0 Å². The van der Waals surface area contributed by atoms with Gasteiger partial charge in [0.15, 0.2) is 0 Å². The third-order valence-corrected chi connectivity index (χ3v) is 4.97. The SMILES string of the molecule is Cc1cc(C(NN)c2cncc(OC(C)C)c2)sc1Br. The van der Waals surface area contributed by atoms with E-state index in [0.717, 1.165) is 20.0 Å². The van der Waals surface area contributed by atoms with Crippen LogP contribution in [0, 0.1) is 6.92 Å². The maximum absolute atomic E-state index is 5.72. The molecule has 0 fully saturated rings. The number of nitrogens with one attached hydrogen (secondary N) is 1. The van der Waals surface area contributed by atoms with Crippen molar-refractivity contribution in [1.82, 2.24) is 10.4 Å². The predicted octanol–water partition coefficient (Wildman–Crippen LogP) is 3.55. The number of aryl methyl sites for hydroxylation is 1. The predicted molar refractivity (Wildman–Crippen MR) is 85.9 cm³/mol. The minimum atomic E-state index is -0.0896. The van der Waals surface area contributed by atoms with Crippen LogP contribution in [0.3, 0.4) is 0 Å². The summed E-state index contributed by atoms with van der Waals surface area (Å²) in [7, 11) is 0. The van der Waals surface area contributed by atoms with Gasteiger partial charge < -0.3 is 4.74 Å². The van der Waals surface area contributed by atoms with E-state index in [-0.39, 0.29) is 12.1 Å². The Balaban J connectivity index is 2.31. The minimum absolute atomic E-state index is 0.0896. The second kappa shape index (κ2) is 6.67. The fourth-order valence-corrected chi connectivity index (χ4v) is 3.56. The zero-order valence-electron chi connectivity index (χ0n) is 11.7. The van der Waals surface area contributed by atoms with Gasteiger partial charge in [-0.05, 0) is 60.0 Å². The monoisotopic (exact) mass is 355 g/mol. The van der Waals surface area contributed by atoms with Crippen molar-refractivity contribution in [3.63, 3.8) is 0 Å². The molecule has 4 nitrogen and oxygen atoms in total. The molecule has 0 aliphatic carbocycles. The van der Waals surface area contributed by atoms with E-state index in [1.807, 2.05) is 19.9 Å². The molecule has 0 aliphatic rings. The highest BCUT2D eigenvalue weighted by Gasteiger charge is 2.17. The van der Waals surface area contributed by atoms with Crippen LogP contribution in [-0.4, -0.2) is 11.1 Å². The third kappa shape index (κ3) is 3.58. The van der Waals surface area contributed by atoms with E-state index in [4.69, 9.17) is 10.6 Å². The van der Waals surface area contributed by atoms with Gasteiger partial charge in [0, 0.05) is 11.1 Å². The molecule has 2 aromatic heterocycles. The Labute approximate surface area is 131 Å². The van der Waals surface area contributed by atoms with Gasteiger partial charge in [-0.3, -0.25) is 10.8 Å². The van der Waals surface area contributed by atoms with E-state index in [1.54, 1.807) is 23.7 Å². The maximum Gasteiger partial charge on any atom is 0.138 e. The summed E-state index contributed by atoms with van der Waals surface area (Å²) in [6.07, 6.45) is 3.64. The minimum Gasteiger partial charge on any atom is -0.489 e. The molecular formula is C14H18BrN3OS. The van der Waals surface area contributed by atoms with Crippen molar-refractivity contribution < 1.29 is 4.74 Å². The molecule has 2 heterocycles. The Hall–Kier alpha value is -0.950. The fraction of sp³-hybridized carbons (Fsp3) is 0.357. The molecular weight excluding hydrogens is 338 g/mol. The van der Waals surface area contributed by atoms with Gasteiger partial charge in [0.05, 0.1) is 22.1 Å². The summed E-state index contributed by atoms with van der Waals surface area (Å²) < 4.78 is 6.80. The number of nitrogens with zero attached hydrogens (tertiary/aromatic N) is 1. The van der Waals surface area contributed by atoms with E-state index in [1.165, 1.54) is 5.56 Å². The Morgan fingerprint density at radius 3 is 2.65 bits per heavy atom. The Morgan fingerprint density at radius 2 is 2.10 bits per heavy atom. The molecule has 2 rings (SSSR count). The van der Waals surface area contributed by atoms with Crippen LogP contribution in [0.4, 0.5) is 0 Å². The van der Waals surface area contributed by atoms with Crippen LogP contribution in [0.25, 0.3) is 0 Å². The highest BCUT2D eigenvalue weighted by molar-refractivity contribution is 9.11. The van der Waals surface area contributed by atoms with E-state index in [2.05, 4.69) is 39.3 Å². The standard InChI is InChI=1S/C14H18BrN3OS/c1-8(2)19-11-5-10(6-17-7-11)13(18-16)12-4-9(3)14(15)20-12/h4-8,13,18H,16H2,1-3H3. The molecule has 6 heteroatoms. The first-order valence-corrected chi connectivity index (χ1v) is 7.95. The fourth-order valence-electron chi connectivity index (χ4n) is 1.90. The average Bonchev–Trinajstić information content (AvgIpc) is 2.70. The van der Waals surface area contributed by atoms with Gasteiger partial charge in [-0.2, -0.15) is 0 Å². The maximum atomic E-state index is 5.72. The molecule has 0 amide bonds. The number of nitrogens with two attached hydrogens (primary N) is 1. The summed E-state index contributed by atoms with van der Waals surface area (Å²) in [5.41, 5.74) is 5.04. The normalized spacial score (nSPS) is 12.7. The van der Waals surface area contributed by atoms with E-state index in [0.29, 0.717) is 0 Å². The van der Waals surface area contributed by atoms with Crippen molar-refractivity contribution in [2.24, 2.45) is 5.84 Å². The lowest BCUT2D eigenvalue weighted by Crippen LogP contribution is -2.28. The van der Waals surface area contributed by atoms with Gasteiger partial charge in [-0.25, -0.2) is 5.43 Å². The number of hydrogen-bond donors (Lipinski definition) is 2. The molecule has 0 aliphatic heterocycles. The first-order chi connectivity index (χ1) is 9.51. The molecule has 2 aromatic rings. The molecule has 0 saturated carbocycles. The number of halogens is 1. The number of hydrazine groups is 1. The molecule has 0 bridgehead atoms. The van der Waals surface area contributed by atoms with Gasteiger partial charge in [-0.15, -0.1) is 11.3 Å².